The lowest BCUT2D eigenvalue weighted by Gasteiger charge is -2.12. The van der Waals surface area contributed by atoms with Crippen molar-refractivity contribution in [3.05, 3.63) is 115 Å². The summed E-state index contributed by atoms with van der Waals surface area (Å²) in [5.41, 5.74) is 6.55. The fourth-order valence-electron chi connectivity index (χ4n) is 7.14. The third kappa shape index (κ3) is 2.17. The molecule has 0 amide bonds. The number of benzene rings is 7. The summed E-state index contributed by atoms with van der Waals surface area (Å²) in [6.45, 7) is 0. The van der Waals surface area contributed by atoms with E-state index in [1.807, 2.05) is 11.3 Å². The van der Waals surface area contributed by atoms with Gasteiger partial charge in [-0.25, -0.2) is 0 Å². The molecule has 3 aromatic heterocycles. The van der Waals surface area contributed by atoms with Gasteiger partial charge in [0.05, 0.1) is 16.6 Å². The van der Waals surface area contributed by atoms with Crippen molar-refractivity contribution in [3.63, 3.8) is 0 Å². The second-order valence-corrected chi connectivity index (χ2v) is 11.5. The predicted octanol–water partition coefficient (Wildman–Crippen LogP) is 10.6. The Morgan fingerprint density at radius 1 is 0.447 bits per heavy atom. The number of nitrogens with zero attached hydrogens (tertiary/aromatic N) is 1. The Hall–Kier alpha value is -4.66. The van der Waals surface area contributed by atoms with E-state index in [0.717, 1.165) is 0 Å². The average molecular weight is 498 g/mol. The first-order chi connectivity index (χ1) is 18.9. The van der Waals surface area contributed by atoms with Crippen molar-refractivity contribution < 1.29 is 0 Å². The summed E-state index contributed by atoms with van der Waals surface area (Å²) >= 11 is 1.90. The van der Waals surface area contributed by atoms with Crippen molar-refractivity contribution in [2.24, 2.45) is 0 Å². The largest absolute Gasteiger partial charge is 0.308 e. The van der Waals surface area contributed by atoms with Crippen LogP contribution in [0.15, 0.2) is 115 Å². The first kappa shape index (κ1) is 19.5. The molecule has 2 heteroatoms. The molecule has 0 bridgehead atoms. The van der Waals surface area contributed by atoms with Gasteiger partial charge in [0.15, 0.2) is 0 Å². The Labute approximate surface area is 221 Å². The summed E-state index contributed by atoms with van der Waals surface area (Å²) in [6.07, 6.45) is 0. The summed E-state index contributed by atoms with van der Waals surface area (Å²) in [6, 6.07) is 43.0. The van der Waals surface area contributed by atoms with E-state index < -0.39 is 0 Å². The van der Waals surface area contributed by atoms with E-state index in [-0.39, 0.29) is 0 Å². The van der Waals surface area contributed by atoms with Crippen LogP contribution in [-0.4, -0.2) is 4.40 Å². The van der Waals surface area contributed by atoms with Crippen molar-refractivity contribution in [1.82, 2.24) is 4.40 Å². The summed E-state index contributed by atoms with van der Waals surface area (Å²) in [5, 5.41) is 13.5. The lowest BCUT2D eigenvalue weighted by atomic mass is 9.91. The Morgan fingerprint density at radius 3 is 2.13 bits per heavy atom. The van der Waals surface area contributed by atoms with E-state index in [1.165, 1.54) is 90.9 Å². The van der Waals surface area contributed by atoms with Gasteiger partial charge in [-0.2, -0.15) is 0 Å². The van der Waals surface area contributed by atoms with E-state index in [1.54, 1.807) is 0 Å². The molecule has 0 unspecified atom stereocenters. The molecule has 174 valence electrons. The molecular formula is C36H19NS. The predicted molar refractivity (Wildman–Crippen MR) is 166 cm³/mol. The zero-order chi connectivity index (χ0) is 24.5. The molecule has 1 nitrogen and oxygen atoms in total. The Morgan fingerprint density at radius 2 is 1.16 bits per heavy atom. The normalized spacial score (nSPS) is 12.7. The highest BCUT2D eigenvalue weighted by Gasteiger charge is 2.22. The molecule has 0 saturated carbocycles. The molecule has 7 aromatic carbocycles. The second kappa shape index (κ2) is 6.61. The highest BCUT2D eigenvalue weighted by atomic mass is 32.1. The maximum Gasteiger partial charge on any atom is 0.0626 e. The molecule has 0 aliphatic rings. The van der Waals surface area contributed by atoms with E-state index in [2.05, 4.69) is 120 Å². The van der Waals surface area contributed by atoms with Crippen LogP contribution in [0.25, 0.3) is 90.9 Å². The zero-order valence-electron chi connectivity index (χ0n) is 20.3. The van der Waals surface area contributed by atoms with E-state index >= 15 is 0 Å². The van der Waals surface area contributed by atoms with Gasteiger partial charge < -0.3 is 4.40 Å². The topological polar surface area (TPSA) is 4.41 Å². The number of para-hydroxylation sites is 1. The highest BCUT2D eigenvalue weighted by molar-refractivity contribution is 7.26. The standard InChI is InChI=1S/C36H19NS/c1-3-12-30-23(7-1)27-18-17-26-29-19-20(21-9-5-11-28-24-8-2-4-14-32(24)38-36(21)28)15-16-22(29)25-10-6-13-31-33(25)34(26)35(27)37(30)31/h1-19H. The highest BCUT2D eigenvalue weighted by Crippen LogP contribution is 2.48. The van der Waals surface area contributed by atoms with Crippen LogP contribution in [-0.2, 0) is 0 Å². The first-order valence-electron chi connectivity index (χ1n) is 13.1. The molecule has 10 rings (SSSR count). The quantitative estimate of drug-likeness (QED) is 0.199. The maximum atomic E-state index is 2.49. The Kier molecular flexibility index (Phi) is 3.38. The van der Waals surface area contributed by atoms with Crippen LogP contribution in [0.5, 0.6) is 0 Å². The molecular weight excluding hydrogens is 478 g/mol. The van der Waals surface area contributed by atoms with Crippen LogP contribution in [0.4, 0.5) is 0 Å². The Balaban J connectivity index is 1.38. The maximum absolute atomic E-state index is 2.49. The van der Waals surface area contributed by atoms with Crippen LogP contribution in [0.3, 0.4) is 0 Å². The third-order valence-corrected chi connectivity index (χ3v) is 9.91. The minimum Gasteiger partial charge on any atom is -0.308 e. The zero-order valence-corrected chi connectivity index (χ0v) is 21.1. The Bertz CT molecular complexity index is 2560. The molecule has 0 saturated heterocycles. The molecule has 0 radical (unpaired) electrons. The number of aromatic nitrogens is 1. The van der Waals surface area contributed by atoms with Crippen LogP contribution in [0, 0.1) is 0 Å². The van der Waals surface area contributed by atoms with Crippen molar-refractivity contribution in [2.75, 3.05) is 0 Å². The van der Waals surface area contributed by atoms with Gasteiger partial charge in [-0.15, -0.1) is 11.3 Å². The van der Waals surface area contributed by atoms with Crippen molar-refractivity contribution in [1.29, 1.82) is 0 Å². The third-order valence-electron chi connectivity index (χ3n) is 8.69. The van der Waals surface area contributed by atoms with Crippen molar-refractivity contribution in [2.45, 2.75) is 0 Å². The minimum atomic E-state index is 1.28. The molecule has 10 aromatic rings. The second-order valence-electron chi connectivity index (χ2n) is 10.5. The lowest BCUT2D eigenvalue weighted by Crippen LogP contribution is -1.85. The minimum absolute atomic E-state index is 1.28. The monoisotopic (exact) mass is 497 g/mol. The average Bonchev–Trinajstić information content (AvgIpc) is 3.64. The lowest BCUT2D eigenvalue weighted by molar-refractivity contribution is 1.37. The van der Waals surface area contributed by atoms with Gasteiger partial charge in [0, 0.05) is 41.7 Å². The van der Waals surface area contributed by atoms with Crippen molar-refractivity contribution >= 4 is 91.1 Å². The molecule has 3 heterocycles. The van der Waals surface area contributed by atoms with Gasteiger partial charge in [-0.05, 0) is 56.9 Å². The molecule has 0 aliphatic carbocycles. The van der Waals surface area contributed by atoms with Gasteiger partial charge in [-0.1, -0.05) is 91.0 Å². The van der Waals surface area contributed by atoms with Crippen LogP contribution in [0.2, 0.25) is 0 Å². The first-order valence-corrected chi connectivity index (χ1v) is 13.9. The smallest absolute Gasteiger partial charge is 0.0626 e. The van der Waals surface area contributed by atoms with E-state index in [9.17, 15) is 0 Å². The molecule has 0 spiro atoms. The van der Waals surface area contributed by atoms with Crippen molar-refractivity contribution in [3.8, 4) is 11.1 Å². The van der Waals surface area contributed by atoms with Gasteiger partial charge >= 0.3 is 0 Å². The van der Waals surface area contributed by atoms with Crippen LogP contribution < -0.4 is 0 Å². The van der Waals surface area contributed by atoms with Gasteiger partial charge in [0.2, 0.25) is 0 Å². The SMILES string of the molecule is c1ccc2c(c1)sc1c(-c3ccc4c(c3)c3ccc5c6ccccc6n6c7cccc4c7c3c56)cccc12. The van der Waals surface area contributed by atoms with E-state index in [4.69, 9.17) is 0 Å². The number of hydrogen-bond donors (Lipinski definition) is 0. The van der Waals surface area contributed by atoms with E-state index in [0.29, 0.717) is 0 Å². The molecule has 0 N–H and O–H groups in total. The van der Waals surface area contributed by atoms with Crippen LogP contribution in [0.1, 0.15) is 0 Å². The van der Waals surface area contributed by atoms with Gasteiger partial charge in [-0.3, -0.25) is 0 Å². The number of fused-ring (bicyclic) bond motifs is 10. The number of hydrogen-bond acceptors (Lipinski definition) is 1. The number of thiophene rings is 1. The number of rotatable bonds is 1. The molecule has 0 fully saturated rings. The molecule has 0 aliphatic heterocycles. The van der Waals surface area contributed by atoms with Crippen LogP contribution >= 0.6 is 11.3 Å². The van der Waals surface area contributed by atoms with Gasteiger partial charge in [0.1, 0.15) is 0 Å². The fourth-order valence-corrected chi connectivity index (χ4v) is 8.38. The van der Waals surface area contributed by atoms with Gasteiger partial charge in [0.25, 0.3) is 0 Å². The summed E-state index contributed by atoms with van der Waals surface area (Å²) in [4.78, 5) is 0. The summed E-state index contributed by atoms with van der Waals surface area (Å²) in [5.74, 6) is 0. The fraction of sp³-hybridized carbons (Fsp3) is 0. The summed E-state index contributed by atoms with van der Waals surface area (Å²) in [7, 11) is 0. The molecule has 38 heavy (non-hydrogen) atoms. The summed E-state index contributed by atoms with van der Waals surface area (Å²) < 4.78 is 5.21. The molecule has 0 atom stereocenters.